The molecule has 0 aromatic rings. The van der Waals surface area contributed by atoms with Crippen molar-refractivity contribution in [2.24, 2.45) is 0 Å². The third-order valence-electron chi connectivity index (χ3n) is 5.28. The molecular formula is C15H28N2. The van der Waals surface area contributed by atoms with Crippen LogP contribution in [-0.4, -0.2) is 36.1 Å². The molecule has 1 N–H and O–H groups in total. The Balaban J connectivity index is 1.67. The maximum atomic E-state index is 3.91. The molecule has 2 nitrogen and oxygen atoms in total. The van der Waals surface area contributed by atoms with E-state index in [0.29, 0.717) is 5.54 Å². The Morgan fingerprint density at radius 2 is 1.65 bits per heavy atom. The fourth-order valence-corrected chi connectivity index (χ4v) is 4.30. The maximum absolute atomic E-state index is 3.91. The third-order valence-corrected chi connectivity index (χ3v) is 5.28. The molecule has 3 fully saturated rings. The van der Waals surface area contributed by atoms with Crippen LogP contribution >= 0.6 is 0 Å². The lowest BCUT2D eigenvalue weighted by atomic mass is 9.81. The molecule has 0 amide bonds. The standard InChI is InChI=1S/C15H28N2/c1-4-9-15(10-5-1)13-17(12-6-11-16-15)14-7-2-3-8-14/h14,16H,1-13H2. The lowest BCUT2D eigenvalue weighted by Gasteiger charge is -2.41. The number of hydrogen-bond acceptors (Lipinski definition) is 2. The zero-order chi connectivity index (χ0) is 11.6. The second-order valence-corrected chi connectivity index (χ2v) is 6.53. The first kappa shape index (κ1) is 12.0. The third kappa shape index (κ3) is 2.68. The largest absolute Gasteiger partial charge is 0.310 e. The molecule has 3 rings (SSSR count). The summed E-state index contributed by atoms with van der Waals surface area (Å²) in [7, 11) is 0. The molecule has 1 heterocycles. The van der Waals surface area contributed by atoms with Gasteiger partial charge in [-0.1, -0.05) is 32.1 Å². The van der Waals surface area contributed by atoms with Gasteiger partial charge in [-0.05, 0) is 45.2 Å². The summed E-state index contributed by atoms with van der Waals surface area (Å²) in [6, 6.07) is 0.925. The van der Waals surface area contributed by atoms with Crippen molar-refractivity contribution in [1.82, 2.24) is 10.2 Å². The van der Waals surface area contributed by atoms with Gasteiger partial charge in [-0.3, -0.25) is 4.90 Å². The van der Waals surface area contributed by atoms with Gasteiger partial charge >= 0.3 is 0 Å². The van der Waals surface area contributed by atoms with Gasteiger partial charge in [0.15, 0.2) is 0 Å². The molecule has 3 aliphatic rings. The summed E-state index contributed by atoms with van der Waals surface area (Å²) in [5.74, 6) is 0. The highest BCUT2D eigenvalue weighted by Crippen LogP contribution is 2.33. The number of nitrogens with zero attached hydrogens (tertiary/aromatic N) is 1. The van der Waals surface area contributed by atoms with E-state index in [1.165, 1.54) is 83.8 Å². The summed E-state index contributed by atoms with van der Waals surface area (Å²) in [4.78, 5) is 2.85. The van der Waals surface area contributed by atoms with Crippen LogP contribution in [0.2, 0.25) is 0 Å². The fraction of sp³-hybridized carbons (Fsp3) is 1.00. The molecule has 0 bridgehead atoms. The van der Waals surface area contributed by atoms with Crippen LogP contribution in [0.5, 0.6) is 0 Å². The predicted molar refractivity (Wildman–Crippen MR) is 72.3 cm³/mol. The second-order valence-electron chi connectivity index (χ2n) is 6.53. The molecular weight excluding hydrogens is 208 g/mol. The molecule has 2 aliphatic carbocycles. The molecule has 1 aliphatic heterocycles. The van der Waals surface area contributed by atoms with Gasteiger partial charge in [0, 0.05) is 18.1 Å². The van der Waals surface area contributed by atoms with E-state index in [2.05, 4.69) is 10.2 Å². The average molecular weight is 236 g/mol. The lowest BCUT2D eigenvalue weighted by molar-refractivity contribution is 0.129. The maximum Gasteiger partial charge on any atom is 0.0308 e. The van der Waals surface area contributed by atoms with Crippen LogP contribution in [0.15, 0.2) is 0 Å². The van der Waals surface area contributed by atoms with E-state index in [4.69, 9.17) is 0 Å². The van der Waals surface area contributed by atoms with Crippen LogP contribution < -0.4 is 5.32 Å². The molecule has 17 heavy (non-hydrogen) atoms. The first-order valence-electron chi connectivity index (χ1n) is 7.87. The zero-order valence-electron chi connectivity index (χ0n) is 11.2. The first-order valence-corrected chi connectivity index (χ1v) is 7.87. The highest BCUT2D eigenvalue weighted by atomic mass is 15.2. The highest BCUT2D eigenvalue weighted by molar-refractivity contribution is 4.97. The van der Waals surface area contributed by atoms with E-state index in [1.807, 2.05) is 0 Å². The smallest absolute Gasteiger partial charge is 0.0308 e. The van der Waals surface area contributed by atoms with Crippen LogP contribution in [0.1, 0.15) is 64.2 Å². The van der Waals surface area contributed by atoms with Crippen LogP contribution in [-0.2, 0) is 0 Å². The molecule has 2 heteroatoms. The van der Waals surface area contributed by atoms with Gasteiger partial charge in [-0.15, -0.1) is 0 Å². The van der Waals surface area contributed by atoms with E-state index < -0.39 is 0 Å². The molecule has 0 unspecified atom stereocenters. The summed E-state index contributed by atoms with van der Waals surface area (Å²) < 4.78 is 0. The lowest BCUT2D eigenvalue weighted by Crippen LogP contribution is -2.54. The minimum atomic E-state index is 0.497. The Kier molecular flexibility index (Phi) is 3.72. The summed E-state index contributed by atoms with van der Waals surface area (Å²) >= 11 is 0. The summed E-state index contributed by atoms with van der Waals surface area (Å²) in [5, 5.41) is 3.91. The molecule has 2 saturated carbocycles. The van der Waals surface area contributed by atoms with Crippen molar-refractivity contribution >= 4 is 0 Å². The van der Waals surface area contributed by atoms with E-state index in [1.54, 1.807) is 0 Å². The minimum Gasteiger partial charge on any atom is -0.310 e. The quantitative estimate of drug-likeness (QED) is 0.753. The van der Waals surface area contributed by atoms with Crippen molar-refractivity contribution in [2.45, 2.75) is 75.8 Å². The van der Waals surface area contributed by atoms with Gasteiger partial charge in [0.1, 0.15) is 0 Å². The van der Waals surface area contributed by atoms with Crippen LogP contribution in [0.4, 0.5) is 0 Å². The van der Waals surface area contributed by atoms with E-state index in [0.717, 1.165) is 6.04 Å². The summed E-state index contributed by atoms with van der Waals surface area (Å²) in [6.45, 7) is 3.94. The van der Waals surface area contributed by atoms with Crippen molar-refractivity contribution in [2.75, 3.05) is 19.6 Å². The Bertz CT molecular complexity index is 239. The second kappa shape index (κ2) is 5.27. The number of hydrogen-bond donors (Lipinski definition) is 1. The highest BCUT2D eigenvalue weighted by Gasteiger charge is 2.37. The van der Waals surface area contributed by atoms with Crippen molar-refractivity contribution < 1.29 is 0 Å². The molecule has 98 valence electrons. The molecule has 1 spiro atoms. The van der Waals surface area contributed by atoms with Gasteiger partial charge in [0.05, 0.1) is 0 Å². The van der Waals surface area contributed by atoms with Gasteiger partial charge < -0.3 is 5.32 Å². The van der Waals surface area contributed by atoms with Crippen LogP contribution in [0.3, 0.4) is 0 Å². The Morgan fingerprint density at radius 1 is 0.882 bits per heavy atom. The number of nitrogens with one attached hydrogen (secondary N) is 1. The first-order chi connectivity index (χ1) is 8.38. The van der Waals surface area contributed by atoms with Crippen LogP contribution in [0, 0.1) is 0 Å². The van der Waals surface area contributed by atoms with Gasteiger partial charge in [0.2, 0.25) is 0 Å². The molecule has 0 aromatic carbocycles. The average Bonchev–Trinajstić information content (AvgIpc) is 2.82. The van der Waals surface area contributed by atoms with Crippen LogP contribution in [0.25, 0.3) is 0 Å². The van der Waals surface area contributed by atoms with E-state index in [9.17, 15) is 0 Å². The molecule has 0 aromatic heterocycles. The van der Waals surface area contributed by atoms with Gasteiger partial charge in [-0.2, -0.15) is 0 Å². The SMILES string of the molecule is C1CCC2(CC1)CN(C1CCCC1)CCCN2. The zero-order valence-corrected chi connectivity index (χ0v) is 11.2. The Hall–Kier alpha value is -0.0800. The predicted octanol–water partition coefficient (Wildman–Crippen LogP) is 2.93. The van der Waals surface area contributed by atoms with Crippen molar-refractivity contribution in [3.8, 4) is 0 Å². The van der Waals surface area contributed by atoms with Crippen molar-refractivity contribution in [1.29, 1.82) is 0 Å². The van der Waals surface area contributed by atoms with Crippen molar-refractivity contribution in [3.05, 3.63) is 0 Å². The summed E-state index contributed by atoms with van der Waals surface area (Å²) in [5.41, 5.74) is 0.497. The van der Waals surface area contributed by atoms with Gasteiger partial charge in [-0.25, -0.2) is 0 Å². The molecule has 0 radical (unpaired) electrons. The van der Waals surface area contributed by atoms with Gasteiger partial charge in [0.25, 0.3) is 0 Å². The van der Waals surface area contributed by atoms with E-state index in [-0.39, 0.29) is 0 Å². The molecule has 0 atom stereocenters. The Morgan fingerprint density at radius 3 is 2.41 bits per heavy atom. The molecule has 1 saturated heterocycles. The van der Waals surface area contributed by atoms with E-state index >= 15 is 0 Å². The topological polar surface area (TPSA) is 15.3 Å². The Labute approximate surface area is 106 Å². The summed E-state index contributed by atoms with van der Waals surface area (Å²) in [6.07, 6.45) is 14.5. The monoisotopic (exact) mass is 236 g/mol. The fourth-order valence-electron chi connectivity index (χ4n) is 4.30. The normalized spacial score (nSPS) is 31.8. The van der Waals surface area contributed by atoms with Crippen molar-refractivity contribution in [3.63, 3.8) is 0 Å². The number of rotatable bonds is 1. The minimum absolute atomic E-state index is 0.497.